The van der Waals surface area contributed by atoms with Crippen LogP contribution in [0.3, 0.4) is 0 Å². The zero-order valence-corrected chi connectivity index (χ0v) is 9.66. The summed E-state index contributed by atoms with van der Waals surface area (Å²) in [4.78, 5) is 13.7. The van der Waals surface area contributed by atoms with Crippen molar-refractivity contribution in [2.24, 2.45) is 5.73 Å². The van der Waals surface area contributed by atoms with Gasteiger partial charge in [0.25, 0.3) is 0 Å². The van der Waals surface area contributed by atoms with E-state index in [9.17, 15) is 4.79 Å². The van der Waals surface area contributed by atoms with Crippen molar-refractivity contribution in [3.63, 3.8) is 0 Å². The first-order valence-corrected chi connectivity index (χ1v) is 5.71. The number of carbonyl (C=O) groups excluding carboxylic acids is 1. The standard InChI is InChI=1S/C9H16N4OS/c1-2-11-5-6-12(9(11)14)13(8(10)15)7-3-4-7/h7H,2-6H2,1H3,(H2,10,15). The molecule has 0 aromatic carbocycles. The van der Waals surface area contributed by atoms with E-state index in [1.165, 1.54) is 0 Å². The fourth-order valence-electron chi connectivity index (χ4n) is 1.88. The molecule has 1 heterocycles. The van der Waals surface area contributed by atoms with E-state index in [0.29, 0.717) is 17.7 Å². The number of hydrazine groups is 1. The van der Waals surface area contributed by atoms with Gasteiger partial charge in [-0.15, -0.1) is 0 Å². The molecule has 84 valence electrons. The van der Waals surface area contributed by atoms with E-state index in [-0.39, 0.29) is 6.03 Å². The molecule has 0 aromatic heterocycles. The molecule has 5 nitrogen and oxygen atoms in total. The Labute approximate surface area is 94.8 Å². The zero-order chi connectivity index (χ0) is 11.0. The summed E-state index contributed by atoms with van der Waals surface area (Å²) in [5, 5.41) is 3.78. The van der Waals surface area contributed by atoms with Crippen LogP contribution in [0.25, 0.3) is 0 Å². The van der Waals surface area contributed by atoms with Gasteiger partial charge >= 0.3 is 6.03 Å². The minimum absolute atomic E-state index is 0.0252. The Balaban J connectivity index is 2.09. The number of hydrogen-bond donors (Lipinski definition) is 1. The molecular weight excluding hydrogens is 212 g/mol. The lowest BCUT2D eigenvalue weighted by molar-refractivity contribution is 0.0909. The van der Waals surface area contributed by atoms with Crippen molar-refractivity contribution in [1.82, 2.24) is 14.9 Å². The van der Waals surface area contributed by atoms with Crippen LogP contribution in [0, 0.1) is 0 Å². The number of nitrogens with two attached hydrogens (primary N) is 1. The second-order valence-electron chi connectivity index (χ2n) is 3.90. The number of nitrogens with zero attached hydrogens (tertiary/aromatic N) is 3. The van der Waals surface area contributed by atoms with Gasteiger partial charge in [-0.25, -0.2) is 9.80 Å². The Morgan fingerprint density at radius 2 is 2.27 bits per heavy atom. The first-order valence-electron chi connectivity index (χ1n) is 5.30. The van der Waals surface area contributed by atoms with Crippen LogP contribution in [0.1, 0.15) is 19.8 Å². The van der Waals surface area contributed by atoms with Gasteiger partial charge in [-0.05, 0) is 32.0 Å². The molecule has 1 saturated carbocycles. The molecule has 0 radical (unpaired) electrons. The molecule has 2 fully saturated rings. The van der Waals surface area contributed by atoms with E-state index in [1.807, 2.05) is 6.92 Å². The molecule has 2 aliphatic rings. The first kappa shape index (κ1) is 10.5. The van der Waals surface area contributed by atoms with E-state index in [4.69, 9.17) is 18.0 Å². The highest BCUT2D eigenvalue weighted by atomic mass is 32.1. The van der Waals surface area contributed by atoms with Crippen molar-refractivity contribution in [1.29, 1.82) is 0 Å². The minimum Gasteiger partial charge on any atom is -0.375 e. The molecule has 15 heavy (non-hydrogen) atoms. The van der Waals surface area contributed by atoms with Crippen LogP contribution in [-0.4, -0.2) is 51.7 Å². The van der Waals surface area contributed by atoms with E-state index >= 15 is 0 Å². The third kappa shape index (κ3) is 1.86. The number of carbonyl (C=O) groups is 1. The monoisotopic (exact) mass is 228 g/mol. The Hall–Kier alpha value is -1.04. The third-order valence-electron chi connectivity index (χ3n) is 2.83. The van der Waals surface area contributed by atoms with Gasteiger partial charge < -0.3 is 10.6 Å². The molecule has 0 bridgehead atoms. The van der Waals surface area contributed by atoms with Crippen LogP contribution in [0.2, 0.25) is 0 Å². The predicted octanol–water partition coefficient (Wildman–Crippen LogP) is 0.367. The molecule has 0 unspecified atom stereocenters. The summed E-state index contributed by atoms with van der Waals surface area (Å²) in [6, 6.07) is 0.375. The maximum absolute atomic E-state index is 11.9. The lowest BCUT2D eigenvalue weighted by Crippen LogP contribution is -2.51. The first-order chi connectivity index (χ1) is 7.15. The van der Waals surface area contributed by atoms with Crippen molar-refractivity contribution >= 4 is 23.4 Å². The number of thiocarbonyl (C=S) groups is 1. The normalized spacial score (nSPS) is 21.0. The summed E-state index contributed by atoms with van der Waals surface area (Å²) in [6.07, 6.45) is 2.15. The average Bonchev–Trinajstić information content (AvgIpc) is 2.93. The number of hydrogen-bond acceptors (Lipinski definition) is 2. The molecular formula is C9H16N4OS. The van der Waals surface area contributed by atoms with Gasteiger partial charge in [0.2, 0.25) is 0 Å². The van der Waals surface area contributed by atoms with Crippen LogP contribution in [-0.2, 0) is 0 Å². The quantitative estimate of drug-likeness (QED) is 0.709. The molecule has 0 spiro atoms. The zero-order valence-electron chi connectivity index (χ0n) is 8.85. The fourth-order valence-corrected chi connectivity index (χ4v) is 2.13. The van der Waals surface area contributed by atoms with Gasteiger partial charge in [-0.1, -0.05) is 0 Å². The number of likely N-dealkylation sites (N-methyl/N-ethyl adjacent to an activating group) is 1. The van der Waals surface area contributed by atoms with Crippen LogP contribution in [0.4, 0.5) is 4.79 Å². The molecule has 2 N–H and O–H groups in total. The number of rotatable bonds is 3. The summed E-state index contributed by atoms with van der Waals surface area (Å²) < 4.78 is 0. The smallest absolute Gasteiger partial charge is 0.339 e. The largest absolute Gasteiger partial charge is 0.375 e. The van der Waals surface area contributed by atoms with Crippen molar-refractivity contribution in [3.8, 4) is 0 Å². The van der Waals surface area contributed by atoms with E-state index in [2.05, 4.69) is 0 Å². The Bertz CT molecular complexity index is 292. The van der Waals surface area contributed by atoms with Crippen LogP contribution < -0.4 is 5.73 Å². The number of urea groups is 1. The van der Waals surface area contributed by atoms with E-state index in [1.54, 1.807) is 14.9 Å². The molecule has 0 aromatic rings. The highest BCUT2D eigenvalue weighted by molar-refractivity contribution is 7.80. The highest BCUT2D eigenvalue weighted by Crippen LogP contribution is 2.29. The van der Waals surface area contributed by atoms with Gasteiger partial charge in [0.05, 0.1) is 12.6 Å². The molecule has 1 aliphatic heterocycles. The van der Waals surface area contributed by atoms with Crippen LogP contribution >= 0.6 is 12.2 Å². The average molecular weight is 228 g/mol. The summed E-state index contributed by atoms with van der Waals surface area (Å²) in [7, 11) is 0. The molecule has 0 atom stereocenters. The summed E-state index contributed by atoms with van der Waals surface area (Å²) in [6.45, 7) is 4.18. The molecule has 6 heteroatoms. The van der Waals surface area contributed by atoms with Crippen molar-refractivity contribution < 1.29 is 4.79 Å². The van der Waals surface area contributed by atoms with E-state index < -0.39 is 0 Å². The van der Waals surface area contributed by atoms with Gasteiger partial charge in [-0.3, -0.25) is 5.01 Å². The molecule has 1 saturated heterocycles. The minimum atomic E-state index is 0.0252. The van der Waals surface area contributed by atoms with Gasteiger partial charge in [0.1, 0.15) is 0 Å². The molecule has 1 aliphatic carbocycles. The molecule has 2 amide bonds. The SMILES string of the molecule is CCN1CCN(N(C(N)=S)C2CC2)C1=O. The fraction of sp³-hybridized carbons (Fsp3) is 0.778. The Kier molecular flexibility index (Phi) is 2.68. The topological polar surface area (TPSA) is 52.8 Å². The van der Waals surface area contributed by atoms with Crippen molar-refractivity contribution in [2.75, 3.05) is 19.6 Å². The van der Waals surface area contributed by atoms with Crippen LogP contribution in [0.5, 0.6) is 0 Å². The van der Waals surface area contributed by atoms with Crippen molar-refractivity contribution in [2.45, 2.75) is 25.8 Å². The second kappa shape index (κ2) is 3.84. The van der Waals surface area contributed by atoms with Crippen molar-refractivity contribution in [3.05, 3.63) is 0 Å². The molecule has 2 rings (SSSR count). The number of amides is 2. The highest BCUT2D eigenvalue weighted by Gasteiger charge is 2.40. The predicted molar refractivity (Wildman–Crippen MR) is 61.0 cm³/mol. The second-order valence-corrected chi connectivity index (χ2v) is 4.32. The lowest BCUT2D eigenvalue weighted by atomic mass is 10.6. The third-order valence-corrected chi connectivity index (χ3v) is 3.02. The van der Waals surface area contributed by atoms with Crippen LogP contribution in [0.15, 0.2) is 0 Å². The van der Waals surface area contributed by atoms with E-state index in [0.717, 1.165) is 25.9 Å². The Morgan fingerprint density at radius 3 is 2.67 bits per heavy atom. The Morgan fingerprint density at radius 1 is 1.60 bits per heavy atom. The summed E-state index contributed by atoms with van der Waals surface area (Å²) in [5.74, 6) is 0. The van der Waals surface area contributed by atoms with Gasteiger partial charge in [-0.2, -0.15) is 0 Å². The van der Waals surface area contributed by atoms with Gasteiger partial charge in [0, 0.05) is 13.1 Å². The maximum atomic E-state index is 11.9. The maximum Gasteiger partial charge on any atom is 0.339 e. The summed E-state index contributed by atoms with van der Waals surface area (Å²) in [5.41, 5.74) is 5.65. The van der Waals surface area contributed by atoms with Gasteiger partial charge in [0.15, 0.2) is 5.11 Å². The lowest BCUT2D eigenvalue weighted by Gasteiger charge is -2.31. The summed E-state index contributed by atoms with van der Waals surface area (Å²) >= 11 is 4.99.